The summed E-state index contributed by atoms with van der Waals surface area (Å²) in [5.74, 6) is 4.21. The highest BCUT2D eigenvalue weighted by molar-refractivity contribution is 8.03. The summed E-state index contributed by atoms with van der Waals surface area (Å²) < 4.78 is 0. The summed E-state index contributed by atoms with van der Waals surface area (Å²) in [6.45, 7) is 0. The van der Waals surface area contributed by atoms with Crippen molar-refractivity contribution in [3.63, 3.8) is 0 Å². The average molecular weight is 186 g/mol. The van der Waals surface area contributed by atoms with Gasteiger partial charge in [0.2, 0.25) is 0 Å². The van der Waals surface area contributed by atoms with E-state index in [0.29, 0.717) is 0 Å². The van der Waals surface area contributed by atoms with E-state index in [-0.39, 0.29) is 0 Å². The molecule has 0 amide bonds. The van der Waals surface area contributed by atoms with Gasteiger partial charge in [-0.3, -0.25) is 0 Å². The fourth-order valence-corrected chi connectivity index (χ4v) is 3.95. The van der Waals surface area contributed by atoms with Crippen LogP contribution in [0.3, 0.4) is 0 Å². The molecule has 4 aliphatic carbocycles. The minimum Gasteiger partial charge on any atom is -0.0946 e. The first kappa shape index (κ1) is 6.72. The van der Waals surface area contributed by atoms with Crippen molar-refractivity contribution in [2.45, 2.75) is 4.90 Å². The van der Waals surface area contributed by atoms with E-state index >= 15 is 0 Å². The molecule has 64 valence electrons. The van der Waals surface area contributed by atoms with E-state index in [4.69, 9.17) is 0 Å². The third-order valence-corrected chi connectivity index (χ3v) is 4.70. The zero-order valence-corrected chi connectivity index (χ0v) is 8.00. The molecule has 4 atom stereocenters. The first-order chi connectivity index (χ1) is 6.45. The molecular formula is C12H10S. The van der Waals surface area contributed by atoms with Gasteiger partial charge >= 0.3 is 0 Å². The van der Waals surface area contributed by atoms with Crippen molar-refractivity contribution in [2.75, 3.05) is 0 Å². The molecule has 2 fully saturated rings. The van der Waals surface area contributed by atoms with Crippen LogP contribution in [0.2, 0.25) is 0 Å². The van der Waals surface area contributed by atoms with Crippen LogP contribution >= 0.6 is 11.8 Å². The maximum absolute atomic E-state index is 2.51. The van der Waals surface area contributed by atoms with Crippen molar-refractivity contribution >= 4 is 11.8 Å². The second-order valence-electron chi connectivity index (χ2n) is 4.24. The highest BCUT2D eigenvalue weighted by Gasteiger charge is 2.77. The zero-order chi connectivity index (χ0) is 8.41. The van der Waals surface area contributed by atoms with E-state index < -0.39 is 0 Å². The van der Waals surface area contributed by atoms with Crippen LogP contribution in [0.25, 0.3) is 0 Å². The van der Waals surface area contributed by atoms with E-state index in [0.717, 1.165) is 23.7 Å². The number of allylic oxidation sites excluding steroid dienone is 2. The third kappa shape index (κ3) is 0.786. The van der Waals surface area contributed by atoms with Crippen LogP contribution in [-0.2, 0) is 0 Å². The molecule has 0 N–H and O–H groups in total. The van der Waals surface area contributed by atoms with Gasteiger partial charge in [0.05, 0.1) is 0 Å². The van der Waals surface area contributed by atoms with Crippen LogP contribution in [-0.4, -0.2) is 0 Å². The van der Waals surface area contributed by atoms with E-state index in [1.54, 1.807) is 4.91 Å². The van der Waals surface area contributed by atoms with E-state index in [1.807, 2.05) is 11.8 Å². The molecular weight excluding hydrogens is 176 g/mol. The highest BCUT2D eigenvalue weighted by Crippen LogP contribution is 2.82. The molecule has 5 rings (SSSR count). The Morgan fingerprint density at radius 1 is 1.00 bits per heavy atom. The Kier molecular flexibility index (Phi) is 1.05. The lowest BCUT2D eigenvalue weighted by atomic mass is 10.2. The van der Waals surface area contributed by atoms with Crippen molar-refractivity contribution in [2.24, 2.45) is 23.7 Å². The summed E-state index contributed by atoms with van der Waals surface area (Å²) in [6.07, 6.45) is 2.51. The molecule has 0 heterocycles. The smallest absolute Gasteiger partial charge is 0.0119 e. The fraction of sp³-hybridized carbons (Fsp3) is 0.333. The zero-order valence-electron chi connectivity index (χ0n) is 7.18. The highest BCUT2D eigenvalue weighted by atomic mass is 32.2. The molecule has 1 aromatic rings. The van der Waals surface area contributed by atoms with Gasteiger partial charge in [-0.2, -0.15) is 0 Å². The lowest BCUT2D eigenvalue weighted by Crippen LogP contribution is -1.85. The normalized spacial score (nSPS) is 42.6. The van der Waals surface area contributed by atoms with Gasteiger partial charge in [0.25, 0.3) is 0 Å². The van der Waals surface area contributed by atoms with Crippen molar-refractivity contribution in [1.29, 1.82) is 0 Å². The van der Waals surface area contributed by atoms with E-state index in [2.05, 4.69) is 36.4 Å². The van der Waals surface area contributed by atoms with E-state index in [1.165, 1.54) is 4.90 Å². The fourth-order valence-electron chi connectivity index (χ4n) is 2.71. The Morgan fingerprint density at radius 2 is 1.77 bits per heavy atom. The predicted molar refractivity (Wildman–Crippen MR) is 54.3 cm³/mol. The molecule has 0 aromatic heterocycles. The summed E-state index contributed by atoms with van der Waals surface area (Å²) in [6, 6.07) is 10.7. The van der Waals surface area contributed by atoms with Gasteiger partial charge in [0.15, 0.2) is 0 Å². The van der Waals surface area contributed by atoms with Gasteiger partial charge in [0.1, 0.15) is 0 Å². The molecule has 0 radical (unpaired) electrons. The van der Waals surface area contributed by atoms with Gasteiger partial charge in [-0.25, -0.2) is 0 Å². The number of benzene rings is 1. The van der Waals surface area contributed by atoms with Crippen LogP contribution < -0.4 is 0 Å². The average Bonchev–Trinajstić information content (AvgIpc) is 2.98. The molecule has 1 heteroatoms. The topological polar surface area (TPSA) is 0 Å². The Bertz CT molecular complexity index is 383. The molecule has 2 unspecified atom stereocenters. The maximum Gasteiger partial charge on any atom is 0.0119 e. The van der Waals surface area contributed by atoms with Crippen LogP contribution in [0, 0.1) is 23.7 Å². The SMILES string of the molecule is C1=C(Sc2ccccc2)C2[C@H]3C1[C@@H]23. The minimum absolute atomic E-state index is 0.996. The Labute approximate surface area is 82.0 Å². The summed E-state index contributed by atoms with van der Waals surface area (Å²) in [5, 5.41) is 0. The van der Waals surface area contributed by atoms with Crippen molar-refractivity contribution in [3.05, 3.63) is 41.3 Å². The second kappa shape index (κ2) is 2.03. The molecule has 4 aliphatic rings. The van der Waals surface area contributed by atoms with Crippen molar-refractivity contribution in [3.8, 4) is 0 Å². The summed E-state index contributed by atoms with van der Waals surface area (Å²) in [7, 11) is 0. The van der Waals surface area contributed by atoms with Crippen molar-refractivity contribution in [1.82, 2.24) is 0 Å². The number of thioether (sulfide) groups is 1. The number of hydrogen-bond donors (Lipinski definition) is 0. The lowest BCUT2D eigenvalue weighted by Gasteiger charge is -2.02. The molecule has 0 spiro atoms. The molecule has 0 aliphatic heterocycles. The number of rotatable bonds is 2. The molecule has 0 nitrogen and oxygen atoms in total. The first-order valence-electron chi connectivity index (χ1n) is 4.90. The van der Waals surface area contributed by atoms with Crippen LogP contribution in [0.1, 0.15) is 0 Å². The Hall–Kier alpha value is -0.690. The van der Waals surface area contributed by atoms with Crippen LogP contribution in [0.15, 0.2) is 46.2 Å². The molecule has 2 saturated carbocycles. The molecule has 2 bridgehead atoms. The predicted octanol–water partition coefficient (Wildman–Crippen LogP) is 3.17. The molecule has 1 aromatic carbocycles. The van der Waals surface area contributed by atoms with Crippen LogP contribution in [0.4, 0.5) is 0 Å². The van der Waals surface area contributed by atoms with Crippen LogP contribution in [0.5, 0.6) is 0 Å². The van der Waals surface area contributed by atoms with Gasteiger partial charge in [-0.15, -0.1) is 0 Å². The summed E-state index contributed by atoms with van der Waals surface area (Å²) >= 11 is 1.98. The van der Waals surface area contributed by atoms with Crippen molar-refractivity contribution < 1.29 is 0 Å². The monoisotopic (exact) mass is 186 g/mol. The van der Waals surface area contributed by atoms with Gasteiger partial charge in [-0.1, -0.05) is 36.0 Å². The largest absolute Gasteiger partial charge is 0.0946 e. The summed E-state index contributed by atoms with van der Waals surface area (Å²) in [4.78, 5) is 3.06. The number of hydrogen-bond acceptors (Lipinski definition) is 1. The molecule has 13 heavy (non-hydrogen) atoms. The molecule has 0 saturated heterocycles. The minimum atomic E-state index is 0.996. The quantitative estimate of drug-likeness (QED) is 0.683. The second-order valence-corrected chi connectivity index (χ2v) is 5.39. The standard InChI is InChI=1S/C12H10S/c1-2-4-7(5-3-1)13-9-6-8-10-11(8)12(9)10/h1-6,8,10-12H/t8?,10-,11+,12?. The Morgan fingerprint density at radius 3 is 2.38 bits per heavy atom. The van der Waals surface area contributed by atoms with Gasteiger partial charge in [-0.05, 0) is 40.7 Å². The Balaban J connectivity index is 1.59. The van der Waals surface area contributed by atoms with Gasteiger partial charge < -0.3 is 0 Å². The first-order valence-corrected chi connectivity index (χ1v) is 5.71. The maximum atomic E-state index is 2.51. The third-order valence-electron chi connectivity index (χ3n) is 3.55. The van der Waals surface area contributed by atoms with E-state index in [9.17, 15) is 0 Å². The van der Waals surface area contributed by atoms with Gasteiger partial charge in [0, 0.05) is 4.90 Å². The lowest BCUT2D eigenvalue weighted by molar-refractivity contribution is 0.687. The summed E-state index contributed by atoms with van der Waals surface area (Å²) in [5.41, 5.74) is 0.